The Balaban J connectivity index is 1.63. The first kappa shape index (κ1) is 45.1. The third kappa shape index (κ3) is 10.7. The van der Waals surface area contributed by atoms with Gasteiger partial charge in [0.15, 0.2) is 18.4 Å². The number of carbonyl (C=O) groups is 2. The molecule has 0 bridgehead atoms. The van der Waals surface area contributed by atoms with E-state index in [0.717, 1.165) is 0 Å². The Labute approximate surface area is 320 Å². The van der Waals surface area contributed by atoms with Crippen molar-refractivity contribution >= 4 is 11.8 Å². The first-order valence-corrected chi connectivity index (χ1v) is 19.5. The second-order valence-corrected chi connectivity index (χ2v) is 16.2. The zero-order valence-electron chi connectivity index (χ0n) is 33.7. The number of esters is 1. The lowest BCUT2D eigenvalue weighted by Crippen LogP contribution is -2.59. The molecule has 312 valence electrons. The smallest absolute Gasteiger partial charge is 0.308 e. The maximum absolute atomic E-state index is 13.7. The molecule has 6 unspecified atom stereocenters. The summed E-state index contributed by atoms with van der Waals surface area (Å²) >= 11 is 0. The molecule has 0 spiro atoms. The number of ketones is 1. The number of likely N-dealkylation sites (N-methyl/N-ethyl adjacent to an activating group) is 1. The van der Waals surface area contributed by atoms with E-state index in [0.29, 0.717) is 19.3 Å². The fraction of sp³-hybridized carbons (Fsp3) is 0.897. The van der Waals surface area contributed by atoms with Gasteiger partial charge in [0.25, 0.3) is 0 Å². The molecule has 0 radical (unpaired) electrons. The zero-order valence-corrected chi connectivity index (χ0v) is 33.7. The van der Waals surface area contributed by atoms with Crippen molar-refractivity contribution in [1.29, 1.82) is 0 Å². The molecule has 0 saturated carbocycles. The molecule has 0 amide bonds. The molecule has 54 heavy (non-hydrogen) atoms. The summed E-state index contributed by atoms with van der Waals surface area (Å²) in [6.45, 7) is 10.7. The largest absolute Gasteiger partial charge is 0.462 e. The highest BCUT2D eigenvalue weighted by Gasteiger charge is 2.58. The maximum atomic E-state index is 13.7. The Morgan fingerprint density at radius 3 is 2.24 bits per heavy atom. The second-order valence-electron chi connectivity index (χ2n) is 16.2. The SMILES string of the molecule is CC[C@H]1OC(=O)C[C@@H](O)[C@H](C)C(O[C@@H]2O[C@H](C)C[C@H](N(C)C)[C@H]2O)[C@@H](CCO)C[C@@H](C)C(=O)/C=C/[C@]2(C)O[C@H]2C1COC1O[C@H](C)C(O)C(OC)C1OC. The van der Waals surface area contributed by atoms with Gasteiger partial charge in [0.05, 0.1) is 43.5 Å². The highest BCUT2D eigenvalue weighted by Crippen LogP contribution is 2.45. The fourth-order valence-electron chi connectivity index (χ4n) is 8.42. The molecule has 4 aliphatic rings. The van der Waals surface area contributed by atoms with E-state index < -0.39 is 103 Å². The molecule has 0 aliphatic carbocycles. The van der Waals surface area contributed by atoms with Crippen molar-refractivity contribution in [1.82, 2.24) is 4.90 Å². The number of carbonyl (C=O) groups excluding carboxylic acids is 2. The third-order valence-electron chi connectivity index (χ3n) is 11.9. The quantitative estimate of drug-likeness (QED) is 0.175. The Bertz CT molecular complexity index is 1240. The molecule has 4 aliphatic heterocycles. The number of rotatable bonds is 11. The molecule has 15 nitrogen and oxygen atoms in total. The van der Waals surface area contributed by atoms with Crippen molar-refractivity contribution in [3.63, 3.8) is 0 Å². The number of allylic oxidation sites excluding steroid dienone is 1. The number of hydrogen-bond donors (Lipinski definition) is 4. The molecule has 0 aromatic heterocycles. The standard InChI is InChI=1S/C39H67NO14/c1-11-29-25(19-49-38-35(48-10)34(47-9)31(45)23(5)51-38)36-39(6,54-36)14-12-27(42)20(2)16-24(13-15-41)33(22(4)28(43)18-30(44)52-29)53-37-32(46)26(40(7)8)17-21(3)50-37/h12,14,20-26,28-29,31-38,41,43,45-46H,11,13,15-19H2,1-10H3/b14-12+/t20-,21-,22+,23-,24+,25?,26+,28-,29-,31?,32-,33?,34?,35?,36+,37+,38?,39+/m1/s1. The fourth-order valence-corrected chi connectivity index (χ4v) is 8.42. The van der Waals surface area contributed by atoms with Gasteiger partial charge in [-0.25, -0.2) is 0 Å². The number of nitrogens with zero attached hydrogens (tertiary/aromatic N) is 1. The van der Waals surface area contributed by atoms with E-state index in [1.165, 1.54) is 20.3 Å². The van der Waals surface area contributed by atoms with Gasteiger partial charge in [-0.1, -0.05) is 20.8 Å². The number of epoxide rings is 1. The van der Waals surface area contributed by atoms with Gasteiger partial charge in [0.2, 0.25) is 0 Å². The normalized spacial score (nSPS) is 46.2. The van der Waals surface area contributed by atoms with Crippen molar-refractivity contribution in [3.8, 4) is 0 Å². The first-order chi connectivity index (χ1) is 25.5. The topological polar surface area (TPSA) is 195 Å². The number of aliphatic hydroxyl groups is 4. The Morgan fingerprint density at radius 1 is 0.944 bits per heavy atom. The lowest BCUT2D eigenvalue weighted by molar-refractivity contribution is -0.305. The molecule has 0 aromatic rings. The van der Waals surface area contributed by atoms with Gasteiger partial charge in [-0.3, -0.25) is 9.59 Å². The summed E-state index contributed by atoms with van der Waals surface area (Å²) in [6, 6.07) is -0.249. The van der Waals surface area contributed by atoms with Crippen molar-refractivity contribution in [3.05, 3.63) is 12.2 Å². The van der Waals surface area contributed by atoms with Crippen LogP contribution in [0.2, 0.25) is 0 Å². The number of cyclic esters (lactones) is 1. The highest BCUT2D eigenvalue weighted by molar-refractivity contribution is 5.91. The molecule has 18 atom stereocenters. The van der Waals surface area contributed by atoms with Crippen molar-refractivity contribution in [2.24, 2.45) is 23.7 Å². The predicted octanol–water partition coefficient (Wildman–Crippen LogP) is 1.60. The molecule has 15 heteroatoms. The first-order valence-electron chi connectivity index (χ1n) is 19.5. The second kappa shape index (κ2) is 19.7. The minimum atomic E-state index is -1.24. The Morgan fingerprint density at radius 2 is 1.63 bits per heavy atom. The van der Waals surface area contributed by atoms with E-state index in [2.05, 4.69) is 0 Å². The molecule has 4 rings (SSSR count). The summed E-state index contributed by atoms with van der Waals surface area (Å²) in [6.07, 6.45) is -5.04. The summed E-state index contributed by atoms with van der Waals surface area (Å²) in [5, 5.41) is 43.8. The van der Waals surface area contributed by atoms with Crippen molar-refractivity contribution < 1.29 is 67.9 Å². The number of ether oxygens (including phenoxy) is 8. The van der Waals surface area contributed by atoms with E-state index >= 15 is 0 Å². The summed E-state index contributed by atoms with van der Waals surface area (Å²) in [4.78, 5) is 29.2. The van der Waals surface area contributed by atoms with Gasteiger partial charge in [-0.2, -0.15) is 0 Å². The van der Waals surface area contributed by atoms with E-state index in [9.17, 15) is 30.0 Å². The van der Waals surface area contributed by atoms with E-state index in [1.807, 2.05) is 46.7 Å². The average molecular weight is 774 g/mol. The van der Waals surface area contributed by atoms with Gasteiger partial charge >= 0.3 is 5.97 Å². The van der Waals surface area contributed by atoms with Crippen LogP contribution in [-0.2, 0) is 47.5 Å². The van der Waals surface area contributed by atoms with Crippen LogP contribution >= 0.6 is 0 Å². The highest BCUT2D eigenvalue weighted by atomic mass is 16.7. The monoisotopic (exact) mass is 773 g/mol. The Hall–Kier alpha value is -1.60. The molecular weight excluding hydrogens is 706 g/mol. The van der Waals surface area contributed by atoms with Gasteiger partial charge in [-0.05, 0) is 78.6 Å². The van der Waals surface area contributed by atoms with Crippen LogP contribution in [0.25, 0.3) is 0 Å². The van der Waals surface area contributed by atoms with E-state index in [1.54, 1.807) is 19.9 Å². The summed E-state index contributed by atoms with van der Waals surface area (Å²) < 4.78 is 48.4. The third-order valence-corrected chi connectivity index (χ3v) is 11.9. The minimum absolute atomic E-state index is 0.0157. The average Bonchev–Trinajstić information content (AvgIpc) is 3.80. The van der Waals surface area contributed by atoms with Crippen LogP contribution in [0.3, 0.4) is 0 Å². The molecule has 0 aromatic carbocycles. The molecule has 4 heterocycles. The van der Waals surface area contributed by atoms with Crippen LogP contribution in [0, 0.1) is 23.7 Å². The molecular formula is C39H67NO14. The number of methoxy groups -OCH3 is 2. The van der Waals surface area contributed by atoms with Crippen LogP contribution in [-0.4, -0.2) is 164 Å². The predicted molar refractivity (Wildman–Crippen MR) is 195 cm³/mol. The molecule has 4 N–H and O–H groups in total. The Kier molecular flexibility index (Phi) is 16.5. The number of aliphatic hydroxyl groups excluding tert-OH is 4. The van der Waals surface area contributed by atoms with E-state index in [-0.39, 0.29) is 44.0 Å². The van der Waals surface area contributed by atoms with Crippen LogP contribution in [0.5, 0.6) is 0 Å². The number of hydrogen-bond acceptors (Lipinski definition) is 15. The van der Waals surface area contributed by atoms with Gasteiger partial charge in [0, 0.05) is 44.6 Å². The lowest BCUT2D eigenvalue weighted by atomic mass is 9.79. The van der Waals surface area contributed by atoms with Crippen molar-refractivity contribution in [2.75, 3.05) is 41.5 Å². The van der Waals surface area contributed by atoms with Gasteiger partial charge < -0.3 is 63.2 Å². The maximum Gasteiger partial charge on any atom is 0.308 e. The zero-order chi connectivity index (χ0) is 40.1. The van der Waals surface area contributed by atoms with E-state index in [4.69, 9.17) is 37.9 Å². The van der Waals surface area contributed by atoms with Crippen LogP contribution in [0.4, 0.5) is 0 Å². The van der Waals surface area contributed by atoms with Crippen LogP contribution < -0.4 is 0 Å². The van der Waals surface area contributed by atoms with Crippen molar-refractivity contribution in [2.45, 2.75) is 159 Å². The molecule has 3 fully saturated rings. The van der Waals surface area contributed by atoms with Gasteiger partial charge in [-0.15, -0.1) is 0 Å². The lowest BCUT2D eigenvalue weighted by Gasteiger charge is -2.44. The molecule has 3 saturated heterocycles. The van der Waals surface area contributed by atoms with Crippen LogP contribution in [0.15, 0.2) is 12.2 Å². The summed E-state index contributed by atoms with van der Waals surface area (Å²) in [5.41, 5.74) is -0.870. The summed E-state index contributed by atoms with van der Waals surface area (Å²) in [5.74, 6) is -2.93. The van der Waals surface area contributed by atoms with Gasteiger partial charge in [0.1, 0.15) is 36.1 Å². The minimum Gasteiger partial charge on any atom is -0.462 e. The number of fused-ring (bicyclic) bond motifs is 1. The van der Waals surface area contributed by atoms with Crippen LogP contribution in [0.1, 0.15) is 73.6 Å². The summed E-state index contributed by atoms with van der Waals surface area (Å²) in [7, 11) is 6.71.